The van der Waals surface area contributed by atoms with E-state index in [-0.39, 0.29) is 0 Å². The molecule has 1 fully saturated rings. The quantitative estimate of drug-likeness (QED) is 0.673. The average Bonchev–Trinajstić information content (AvgIpc) is 2.63. The number of pyridine rings is 1. The summed E-state index contributed by atoms with van der Waals surface area (Å²) in [4.78, 5) is 18.2. The number of piperidine rings is 1. The monoisotopic (exact) mass is 311 g/mol. The molecule has 120 valence electrons. The molecule has 23 heavy (non-hydrogen) atoms. The van der Waals surface area contributed by atoms with Crippen molar-refractivity contribution < 1.29 is 10.0 Å². The number of likely N-dealkylation sites (tertiary alicyclic amines) is 1. The third kappa shape index (κ3) is 3.94. The number of aromatic nitrogens is 1. The van der Waals surface area contributed by atoms with E-state index in [0.717, 1.165) is 32.5 Å². The van der Waals surface area contributed by atoms with Crippen LogP contribution >= 0.6 is 0 Å². The molecule has 0 radical (unpaired) electrons. The van der Waals surface area contributed by atoms with E-state index in [4.69, 9.17) is 5.21 Å². The summed E-state index contributed by atoms with van der Waals surface area (Å²) in [5.41, 5.74) is 4.49. The lowest BCUT2D eigenvalue weighted by molar-refractivity contribution is 0.0706. The summed E-state index contributed by atoms with van der Waals surface area (Å²) in [7, 11) is 0. The van der Waals surface area contributed by atoms with Gasteiger partial charge in [-0.15, -0.1) is 0 Å². The minimum absolute atomic E-state index is 0.463. The molecule has 1 aliphatic heterocycles. The SMILES string of the molecule is O=C(NO)c1ccc(CN2CCC(c3ccccn3)CC2)cc1. The van der Waals surface area contributed by atoms with Crippen molar-refractivity contribution in [3.05, 3.63) is 65.5 Å². The van der Waals surface area contributed by atoms with Crippen molar-refractivity contribution in [1.82, 2.24) is 15.4 Å². The van der Waals surface area contributed by atoms with Crippen LogP contribution in [0.15, 0.2) is 48.7 Å². The minimum Gasteiger partial charge on any atom is -0.299 e. The van der Waals surface area contributed by atoms with Crippen molar-refractivity contribution in [2.75, 3.05) is 13.1 Å². The summed E-state index contributed by atoms with van der Waals surface area (Å²) in [6.07, 6.45) is 4.12. The molecule has 0 atom stereocenters. The molecule has 0 saturated carbocycles. The number of nitrogens with zero attached hydrogens (tertiary/aromatic N) is 2. The Labute approximate surface area is 135 Å². The average molecular weight is 311 g/mol. The fourth-order valence-electron chi connectivity index (χ4n) is 3.09. The molecule has 0 spiro atoms. The zero-order valence-electron chi connectivity index (χ0n) is 13.0. The normalized spacial score (nSPS) is 16.2. The maximum absolute atomic E-state index is 11.3. The fourth-order valence-corrected chi connectivity index (χ4v) is 3.09. The van der Waals surface area contributed by atoms with E-state index in [2.05, 4.69) is 22.0 Å². The molecular formula is C18H21N3O2. The van der Waals surface area contributed by atoms with Gasteiger partial charge >= 0.3 is 0 Å². The van der Waals surface area contributed by atoms with Crippen LogP contribution in [-0.2, 0) is 6.54 Å². The van der Waals surface area contributed by atoms with Gasteiger partial charge < -0.3 is 0 Å². The molecule has 1 saturated heterocycles. The molecule has 2 heterocycles. The fraction of sp³-hybridized carbons (Fsp3) is 0.333. The van der Waals surface area contributed by atoms with Gasteiger partial charge in [-0.2, -0.15) is 0 Å². The van der Waals surface area contributed by atoms with Crippen molar-refractivity contribution in [2.45, 2.75) is 25.3 Å². The third-order valence-electron chi connectivity index (χ3n) is 4.42. The second-order valence-corrected chi connectivity index (χ2v) is 5.94. The van der Waals surface area contributed by atoms with E-state index >= 15 is 0 Å². The van der Waals surface area contributed by atoms with Gasteiger partial charge in [0.05, 0.1) is 0 Å². The Hall–Kier alpha value is -2.24. The molecule has 5 nitrogen and oxygen atoms in total. The first kappa shape index (κ1) is 15.6. The molecule has 5 heteroatoms. The Morgan fingerprint density at radius 2 is 1.91 bits per heavy atom. The molecule has 1 aliphatic rings. The standard InChI is InChI=1S/C18H21N3O2/c22-18(20-23)16-6-4-14(5-7-16)13-21-11-8-15(9-12-21)17-3-1-2-10-19-17/h1-7,10,15,23H,8-9,11-13H2,(H,20,22). The van der Waals surface area contributed by atoms with Crippen molar-refractivity contribution >= 4 is 5.91 Å². The number of carbonyl (C=O) groups excluding carboxylic acids is 1. The second kappa shape index (κ2) is 7.35. The molecule has 0 aliphatic carbocycles. The summed E-state index contributed by atoms with van der Waals surface area (Å²) in [5.74, 6) is 0.0794. The number of benzene rings is 1. The van der Waals surface area contributed by atoms with Crippen LogP contribution in [-0.4, -0.2) is 34.1 Å². The highest BCUT2D eigenvalue weighted by Crippen LogP contribution is 2.27. The van der Waals surface area contributed by atoms with Crippen molar-refractivity contribution in [3.63, 3.8) is 0 Å². The number of amides is 1. The predicted octanol–water partition coefficient (Wildman–Crippen LogP) is 2.58. The Morgan fingerprint density at radius 1 is 1.17 bits per heavy atom. The smallest absolute Gasteiger partial charge is 0.274 e. The number of carbonyl (C=O) groups is 1. The molecular weight excluding hydrogens is 290 g/mol. The van der Waals surface area contributed by atoms with Gasteiger partial charge in [0, 0.05) is 29.9 Å². The van der Waals surface area contributed by atoms with E-state index in [1.807, 2.05) is 24.4 Å². The van der Waals surface area contributed by atoms with Gasteiger partial charge in [0.2, 0.25) is 0 Å². The van der Waals surface area contributed by atoms with E-state index in [9.17, 15) is 4.79 Å². The molecule has 3 rings (SSSR count). The third-order valence-corrected chi connectivity index (χ3v) is 4.42. The van der Waals surface area contributed by atoms with Crippen LogP contribution in [0.2, 0.25) is 0 Å². The van der Waals surface area contributed by atoms with Crippen molar-refractivity contribution in [3.8, 4) is 0 Å². The first-order chi connectivity index (χ1) is 11.3. The summed E-state index contributed by atoms with van der Waals surface area (Å²) >= 11 is 0. The van der Waals surface area contributed by atoms with Crippen LogP contribution in [0.1, 0.15) is 40.4 Å². The van der Waals surface area contributed by atoms with Gasteiger partial charge in [-0.1, -0.05) is 18.2 Å². The zero-order chi connectivity index (χ0) is 16.1. The summed E-state index contributed by atoms with van der Waals surface area (Å²) in [5, 5.41) is 8.62. The molecule has 1 aromatic carbocycles. The number of nitrogens with one attached hydrogen (secondary N) is 1. The number of hydrogen-bond donors (Lipinski definition) is 2. The molecule has 2 aromatic rings. The Bertz CT molecular complexity index is 635. The number of rotatable bonds is 4. The van der Waals surface area contributed by atoms with Crippen LogP contribution in [0.3, 0.4) is 0 Å². The van der Waals surface area contributed by atoms with Gasteiger partial charge in [0.25, 0.3) is 5.91 Å². The maximum atomic E-state index is 11.3. The molecule has 0 bridgehead atoms. The molecule has 1 aromatic heterocycles. The minimum atomic E-state index is -0.479. The van der Waals surface area contributed by atoms with E-state index in [0.29, 0.717) is 11.5 Å². The van der Waals surface area contributed by atoms with Crippen LogP contribution in [0.25, 0.3) is 0 Å². The van der Waals surface area contributed by atoms with Crippen LogP contribution in [0.5, 0.6) is 0 Å². The lowest BCUT2D eigenvalue weighted by Crippen LogP contribution is -2.32. The highest BCUT2D eigenvalue weighted by atomic mass is 16.5. The van der Waals surface area contributed by atoms with Gasteiger partial charge in [0.15, 0.2) is 0 Å². The highest BCUT2D eigenvalue weighted by molar-refractivity contribution is 5.93. The van der Waals surface area contributed by atoms with Gasteiger partial charge in [-0.3, -0.25) is 19.9 Å². The second-order valence-electron chi connectivity index (χ2n) is 5.94. The molecule has 1 amide bonds. The van der Waals surface area contributed by atoms with E-state index < -0.39 is 5.91 Å². The zero-order valence-corrected chi connectivity index (χ0v) is 13.0. The maximum Gasteiger partial charge on any atom is 0.274 e. The van der Waals surface area contributed by atoms with Crippen molar-refractivity contribution in [2.24, 2.45) is 0 Å². The number of hydrogen-bond acceptors (Lipinski definition) is 4. The Morgan fingerprint density at radius 3 is 2.52 bits per heavy atom. The topological polar surface area (TPSA) is 65.5 Å². The Balaban J connectivity index is 1.53. The first-order valence-electron chi connectivity index (χ1n) is 7.93. The first-order valence-corrected chi connectivity index (χ1v) is 7.93. The molecule has 0 unspecified atom stereocenters. The largest absolute Gasteiger partial charge is 0.299 e. The summed E-state index contributed by atoms with van der Waals surface area (Å²) in [6, 6.07) is 13.5. The van der Waals surface area contributed by atoms with Crippen LogP contribution in [0.4, 0.5) is 0 Å². The van der Waals surface area contributed by atoms with E-state index in [1.54, 1.807) is 17.6 Å². The van der Waals surface area contributed by atoms with Crippen molar-refractivity contribution in [1.29, 1.82) is 0 Å². The number of hydroxylamine groups is 1. The van der Waals surface area contributed by atoms with Gasteiger partial charge in [0.1, 0.15) is 0 Å². The molecule has 2 N–H and O–H groups in total. The van der Waals surface area contributed by atoms with Crippen LogP contribution in [0, 0.1) is 0 Å². The highest BCUT2D eigenvalue weighted by Gasteiger charge is 2.21. The predicted molar refractivity (Wildman–Crippen MR) is 87.2 cm³/mol. The lowest BCUT2D eigenvalue weighted by atomic mass is 9.93. The van der Waals surface area contributed by atoms with E-state index in [1.165, 1.54) is 11.3 Å². The van der Waals surface area contributed by atoms with Gasteiger partial charge in [-0.05, 0) is 55.8 Å². The Kier molecular flexibility index (Phi) is 5.00. The summed E-state index contributed by atoms with van der Waals surface area (Å²) < 4.78 is 0. The van der Waals surface area contributed by atoms with Gasteiger partial charge in [-0.25, -0.2) is 5.48 Å². The summed E-state index contributed by atoms with van der Waals surface area (Å²) in [6.45, 7) is 3.00. The van der Waals surface area contributed by atoms with Crippen LogP contribution < -0.4 is 5.48 Å². The lowest BCUT2D eigenvalue weighted by Gasteiger charge is -2.31.